The smallest absolute Gasteiger partial charge is 0.243 e. The highest BCUT2D eigenvalue weighted by Crippen LogP contribution is 2.07. The summed E-state index contributed by atoms with van der Waals surface area (Å²) in [5.41, 5.74) is 1.66. The van der Waals surface area contributed by atoms with E-state index in [0.717, 1.165) is 5.56 Å². The summed E-state index contributed by atoms with van der Waals surface area (Å²) in [4.78, 5) is 15.9. The van der Waals surface area contributed by atoms with Crippen LogP contribution < -0.4 is 16.0 Å². The van der Waals surface area contributed by atoms with E-state index in [2.05, 4.69) is 20.9 Å². The van der Waals surface area contributed by atoms with Crippen molar-refractivity contribution >= 4 is 41.5 Å². The Morgan fingerprint density at radius 1 is 1.04 bits per heavy atom. The molecule has 0 saturated carbocycles. The van der Waals surface area contributed by atoms with Gasteiger partial charge in [0.05, 0.1) is 6.54 Å². The van der Waals surface area contributed by atoms with Crippen LogP contribution >= 0.6 is 24.0 Å². The van der Waals surface area contributed by atoms with E-state index in [1.54, 1.807) is 7.05 Å². The lowest BCUT2D eigenvalue weighted by Gasteiger charge is -2.12. The first-order chi connectivity index (χ1) is 11.2. The second-order valence-corrected chi connectivity index (χ2v) is 4.82. The largest absolute Gasteiger partial charge is 0.352 e. The predicted octanol–water partition coefficient (Wildman–Crippen LogP) is 2.75. The number of nitrogens with one attached hydrogen (secondary N) is 3. The molecule has 0 aliphatic heterocycles. The number of halogens is 2. The zero-order valence-corrected chi connectivity index (χ0v) is 15.6. The summed E-state index contributed by atoms with van der Waals surface area (Å²) in [6.45, 7) is 0.673. The Morgan fingerprint density at radius 3 is 2.33 bits per heavy atom. The molecule has 2 aromatic carbocycles. The third-order valence-corrected chi connectivity index (χ3v) is 3.07. The maximum atomic E-state index is 12.8. The van der Waals surface area contributed by atoms with E-state index in [9.17, 15) is 9.18 Å². The molecule has 0 bridgehead atoms. The van der Waals surface area contributed by atoms with E-state index >= 15 is 0 Å². The van der Waals surface area contributed by atoms with Crippen LogP contribution in [0.3, 0.4) is 0 Å². The summed E-state index contributed by atoms with van der Waals surface area (Å²) in [7, 11) is 1.64. The summed E-state index contributed by atoms with van der Waals surface area (Å²) in [5, 5.41) is 8.72. The van der Waals surface area contributed by atoms with Gasteiger partial charge in [-0.2, -0.15) is 0 Å². The van der Waals surface area contributed by atoms with Crippen LogP contribution in [0.4, 0.5) is 10.1 Å². The zero-order chi connectivity index (χ0) is 16.5. The van der Waals surface area contributed by atoms with Crippen molar-refractivity contribution in [2.75, 3.05) is 18.9 Å². The lowest BCUT2D eigenvalue weighted by molar-refractivity contribution is -0.115. The highest BCUT2D eigenvalue weighted by molar-refractivity contribution is 14.0. The Bertz CT molecular complexity index is 662. The molecule has 24 heavy (non-hydrogen) atoms. The molecule has 0 spiro atoms. The number of hydrogen-bond donors (Lipinski definition) is 3. The fourth-order valence-electron chi connectivity index (χ4n) is 1.90. The first-order valence-corrected chi connectivity index (χ1v) is 7.21. The van der Waals surface area contributed by atoms with Gasteiger partial charge in [0.1, 0.15) is 5.82 Å². The number of hydrogen-bond acceptors (Lipinski definition) is 2. The van der Waals surface area contributed by atoms with Crippen LogP contribution in [0.1, 0.15) is 5.56 Å². The van der Waals surface area contributed by atoms with Gasteiger partial charge in [-0.05, 0) is 29.8 Å². The van der Waals surface area contributed by atoms with Crippen LogP contribution in [0.15, 0.2) is 59.6 Å². The van der Waals surface area contributed by atoms with Crippen molar-refractivity contribution in [2.24, 2.45) is 4.99 Å². The predicted molar refractivity (Wildman–Crippen MR) is 105 cm³/mol. The molecule has 2 aromatic rings. The third-order valence-electron chi connectivity index (χ3n) is 3.07. The van der Waals surface area contributed by atoms with Gasteiger partial charge in [0.25, 0.3) is 0 Å². The van der Waals surface area contributed by atoms with E-state index in [0.29, 0.717) is 18.2 Å². The number of rotatable bonds is 5. The molecular formula is C17H20FIN4O. The average molecular weight is 442 g/mol. The summed E-state index contributed by atoms with van der Waals surface area (Å²) in [6, 6.07) is 15.5. The standard InChI is InChI=1S/C17H19FN4O.HI/c1-19-17(20-11-13-5-3-2-4-6-13)21-12-16(23)22-15-9-7-14(18)8-10-15;/h2-10H,11-12H2,1H3,(H,22,23)(H2,19,20,21);1H. The Kier molecular flexibility index (Phi) is 8.77. The number of carbonyl (C=O) groups is 1. The Morgan fingerprint density at radius 2 is 1.71 bits per heavy atom. The second-order valence-electron chi connectivity index (χ2n) is 4.82. The molecular weight excluding hydrogens is 422 g/mol. The van der Waals surface area contributed by atoms with Crippen LogP contribution in [-0.4, -0.2) is 25.5 Å². The van der Waals surface area contributed by atoms with Crippen LogP contribution in [0.5, 0.6) is 0 Å². The number of guanidine groups is 1. The third kappa shape index (κ3) is 6.95. The Balaban J connectivity index is 0.00000288. The van der Waals surface area contributed by atoms with Crippen molar-refractivity contribution in [3.8, 4) is 0 Å². The molecule has 3 N–H and O–H groups in total. The maximum Gasteiger partial charge on any atom is 0.243 e. The second kappa shape index (κ2) is 10.6. The lowest BCUT2D eigenvalue weighted by atomic mass is 10.2. The highest BCUT2D eigenvalue weighted by atomic mass is 127. The molecule has 0 unspecified atom stereocenters. The van der Waals surface area contributed by atoms with Crippen molar-refractivity contribution in [3.63, 3.8) is 0 Å². The number of anilines is 1. The first kappa shape index (κ1) is 19.9. The summed E-state index contributed by atoms with van der Waals surface area (Å²) in [5.74, 6) is -0.0472. The van der Waals surface area contributed by atoms with Crippen molar-refractivity contribution in [1.29, 1.82) is 0 Å². The van der Waals surface area contributed by atoms with E-state index in [4.69, 9.17) is 0 Å². The fraction of sp³-hybridized carbons (Fsp3) is 0.176. The molecule has 0 saturated heterocycles. The number of carbonyl (C=O) groups excluding carboxylic acids is 1. The minimum Gasteiger partial charge on any atom is -0.352 e. The maximum absolute atomic E-state index is 12.8. The topological polar surface area (TPSA) is 65.5 Å². The molecule has 0 heterocycles. The molecule has 0 radical (unpaired) electrons. The highest BCUT2D eigenvalue weighted by Gasteiger charge is 2.04. The minimum absolute atomic E-state index is 0. The summed E-state index contributed by atoms with van der Waals surface area (Å²) >= 11 is 0. The minimum atomic E-state index is -0.341. The van der Waals surface area contributed by atoms with Crippen molar-refractivity contribution < 1.29 is 9.18 Å². The SMILES string of the molecule is CN=C(NCC(=O)Nc1ccc(F)cc1)NCc1ccccc1.I. The van der Waals surface area contributed by atoms with Crippen molar-refractivity contribution in [1.82, 2.24) is 10.6 Å². The van der Waals surface area contributed by atoms with Crippen molar-refractivity contribution in [2.45, 2.75) is 6.54 Å². The van der Waals surface area contributed by atoms with Crippen molar-refractivity contribution in [3.05, 3.63) is 66.0 Å². The molecule has 5 nitrogen and oxygen atoms in total. The normalized spacial score (nSPS) is 10.5. The molecule has 0 aliphatic rings. The van der Waals surface area contributed by atoms with E-state index in [1.807, 2.05) is 30.3 Å². The van der Waals surface area contributed by atoms with Gasteiger partial charge in [-0.3, -0.25) is 9.79 Å². The molecule has 0 atom stereocenters. The number of benzene rings is 2. The summed E-state index contributed by atoms with van der Waals surface area (Å²) in [6.07, 6.45) is 0. The Hall–Kier alpha value is -2.16. The molecule has 128 valence electrons. The van der Waals surface area contributed by atoms with Gasteiger partial charge in [0.15, 0.2) is 5.96 Å². The van der Waals surface area contributed by atoms with E-state index in [-0.39, 0.29) is 42.2 Å². The van der Waals surface area contributed by atoms with Gasteiger partial charge < -0.3 is 16.0 Å². The lowest BCUT2D eigenvalue weighted by Crippen LogP contribution is -2.41. The zero-order valence-electron chi connectivity index (χ0n) is 13.3. The average Bonchev–Trinajstić information content (AvgIpc) is 2.58. The van der Waals surface area contributed by atoms with Crippen LogP contribution in [0, 0.1) is 5.82 Å². The monoisotopic (exact) mass is 442 g/mol. The quantitative estimate of drug-likeness (QED) is 0.379. The molecule has 1 amide bonds. The summed E-state index contributed by atoms with van der Waals surface area (Å²) < 4.78 is 12.8. The number of nitrogens with zero attached hydrogens (tertiary/aromatic N) is 1. The Labute approximate surface area is 157 Å². The van der Waals surface area contributed by atoms with Crippen LogP contribution in [0.25, 0.3) is 0 Å². The molecule has 0 aliphatic carbocycles. The van der Waals surface area contributed by atoms with Gasteiger partial charge in [-0.1, -0.05) is 30.3 Å². The number of aliphatic imine (C=N–C) groups is 1. The van der Waals surface area contributed by atoms with Crippen LogP contribution in [-0.2, 0) is 11.3 Å². The first-order valence-electron chi connectivity index (χ1n) is 7.21. The van der Waals surface area contributed by atoms with Gasteiger partial charge >= 0.3 is 0 Å². The van der Waals surface area contributed by atoms with E-state index < -0.39 is 0 Å². The van der Waals surface area contributed by atoms with Gasteiger partial charge in [0, 0.05) is 19.3 Å². The molecule has 2 rings (SSSR count). The van der Waals surface area contributed by atoms with E-state index in [1.165, 1.54) is 24.3 Å². The van der Waals surface area contributed by atoms with Gasteiger partial charge in [-0.25, -0.2) is 4.39 Å². The van der Waals surface area contributed by atoms with Gasteiger partial charge in [-0.15, -0.1) is 24.0 Å². The molecule has 0 aromatic heterocycles. The molecule has 0 fully saturated rings. The van der Waals surface area contributed by atoms with Crippen LogP contribution in [0.2, 0.25) is 0 Å². The molecule has 7 heteroatoms. The van der Waals surface area contributed by atoms with Gasteiger partial charge in [0.2, 0.25) is 5.91 Å². The fourth-order valence-corrected chi connectivity index (χ4v) is 1.90. The number of amides is 1.